The highest BCUT2D eigenvalue weighted by Crippen LogP contribution is 2.33. The van der Waals surface area contributed by atoms with Gasteiger partial charge in [0.25, 0.3) is 0 Å². The van der Waals surface area contributed by atoms with Crippen LogP contribution >= 0.6 is 11.6 Å². The van der Waals surface area contributed by atoms with E-state index >= 15 is 0 Å². The van der Waals surface area contributed by atoms with Crippen molar-refractivity contribution < 1.29 is 13.2 Å². The van der Waals surface area contributed by atoms with Gasteiger partial charge in [-0.25, -0.2) is 9.97 Å². The minimum Gasteiger partial charge on any atom is -0.383 e. The van der Waals surface area contributed by atoms with Crippen molar-refractivity contribution in [1.29, 1.82) is 0 Å². The Labute approximate surface area is 141 Å². The maximum Gasteiger partial charge on any atom is 0.435 e. The van der Waals surface area contributed by atoms with Crippen molar-refractivity contribution >= 4 is 23.1 Å². The molecular weight excluding hydrogens is 345 g/mol. The molecule has 0 atom stereocenters. The molecule has 2 aromatic rings. The number of hydrogen-bond acceptors (Lipinski definition) is 5. The first kappa shape index (κ1) is 16.8. The van der Waals surface area contributed by atoms with E-state index in [4.69, 9.17) is 11.6 Å². The third kappa shape index (κ3) is 3.26. The molecule has 130 valence electrons. The monoisotopic (exact) mass is 360 g/mol. The standard InChI is InChI=1S/C14H16ClF3N6/c1-19-11-12(15)20-8-21-13(11)23-5-2-9(3-6-23)24-7-4-10(22-24)14(16,17)18/h4,7-9,19H,2-3,5-6H2,1H3. The molecular formula is C14H16ClF3N6. The first-order valence-corrected chi connectivity index (χ1v) is 7.83. The van der Waals surface area contributed by atoms with Crippen molar-refractivity contribution in [2.75, 3.05) is 30.4 Å². The molecule has 1 aliphatic rings. The average molecular weight is 361 g/mol. The third-order valence-electron chi connectivity index (χ3n) is 4.07. The Morgan fingerprint density at radius 3 is 2.54 bits per heavy atom. The summed E-state index contributed by atoms with van der Waals surface area (Å²) < 4.78 is 39.4. The van der Waals surface area contributed by atoms with Gasteiger partial charge in [-0.05, 0) is 18.9 Å². The Balaban J connectivity index is 1.70. The van der Waals surface area contributed by atoms with Crippen LogP contribution in [0.5, 0.6) is 0 Å². The second-order valence-corrected chi connectivity index (χ2v) is 5.87. The summed E-state index contributed by atoms with van der Waals surface area (Å²) in [4.78, 5) is 10.2. The van der Waals surface area contributed by atoms with Gasteiger partial charge >= 0.3 is 6.18 Å². The maximum absolute atomic E-state index is 12.7. The lowest BCUT2D eigenvalue weighted by Gasteiger charge is -2.33. The molecule has 0 saturated carbocycles. The average Bonchev–Trinajstić information content (AvgIpc) is 3.05. The molecule has 0 spiro atoms. The van der Waals surface area contributed by atoms with E-state index in [-0.39, 0.29) is 6.04 Å². The van der Waals surface area contributed by atoms with Crippen LogP contribution in [0.3, 0.4) is 0 Å². The number of aromatic nitrogens is 4. The van der Waals surface area contributed by atoms with Crippen molar-refractivity contribution in [3.8, 4) is 0 Å². The van der Waals surface area contributed by atoms with Crippen LogP contribution < -0.4 is 10.2 Å². The van der Waals surface area contributed by atoms with E-state index < -0.39 is 11.9 Å². The first-order valence-electron chi connectivity index (χ1n) is 7.45. The predicted molar refractivity (Wildman–Crippen MR) is 84.3 cm³/mol. The predicted octanol–water partition coefficient (Wildman–Crippen LogP) is 3.23. The van der Waals surface area contributed by atoms with Crippen molar-refractivity contribution in [1.82, 2.24) is 19.7 Å². The van der Waals surface area contributed by atoms with Gasteiger partial charge in [0.1, 0.15) is 12.0 Å². The van der Waals surface area contributed by atoms with E-state index in [1.807, 2.05) is 4.90 Å². The van der Waals surface area contributed by atoms with E-state index in [1.54, 1.807) is 7.05 Å². The Bertz CT molecular complexity index is 709. The summed E-state index contributed by atoms with van der Waals surface area (Å²) in [5, 5.41) is 6.99. The minimum atomic E-state index is -4.41. The molecule has 0 unspecified atom stereocenters. The number of piperidine rings is 1. The second kappa shape index (κ2) is 6.46. The lowest BCUT2D eigenvalue weighted by atomic mass is 10.1. The minimum absolute atomic E-state index is 0.0623. The Hall–Kier alpha value is -2.03. The first-order chi connectivity index (χ1) is 11.4. The summed E-state index contributed by atoms with van der Waals surface area (Å²) in [5.74, 6) is 0.701. The number of nitrogens with one attached hydrogen (secondary N) is 1. The van der Waals surface area contributed by atoms with Gasteiger partial charge < -0.3 is 10.2 Å². The highest BCUT2D eigenvalue weighted by Gasteiger charge is 2.34. The lowest BCUT2D eigenvalue weighted by Crippen LogP contribution is -2.36. The molecule has 1 saturated heterocycles. The Kier molecular flexibility index (Phi) is 4.53. The summed E-state index contributed by atoms with van der Waals surface area (Å²) in [6.45, 7) is 1.29. The molecule has 1 fully saturated rings. The van der Waals surface area contributed by atoms with Gasteiger partial charge in [0.15, 0.2) is 16.7 Å². The van der Waals surface area contributed by atoms with E-state index in [0.29, 0.717) is 42.6 Å². The van der Waals surface area contributed by atoms with E-state index in [0.717, 1.165) is 6.07 Å². The molecule has 0 bridgehead atoms. The van der Waals surface area contributed by atoms with Crippen LogP contribution in [-0.2, 0) is 6.18 Å². The lowest BCUT2D eigenvalue weighted by molar-refractivity contribution is -0.141. The van der Waals surface area contributed by atoms with E-state index in [1.165, 1.54) is 17.2 Å². The topological polar surface area (TPSA) is 58.9 Å². The fourth-order valence-electron chi connectivity index (χ4n) is 2.85. The van der Waals surface area contributed by atoms with Gasteiger partial charge in [-0.3, -0.25) is 4.68 Å². The molecule has 0 radical (unpaired) electrons. The maximum atomic E-state index is 12.7. The van der Waals surface area contributed by atoms with Crippen LogP contribution in [0.4, 0.5) is 24.7 Å². The Morgan fingerprint density at radius 1 is 1.25 bits per heavy atom. The van der Waals surface area contributed by atoms with Gasteiger partial charge in [-0.1, -0.05) is 11.6 Å². The van der Waals surface area contributed by atoms with Crippen LogP contribution in [0.15, 0.2) is 18.6 Å². The molecule has 3 heterocycles. The quantitative estimate of drug-likeness (QED) is 0.852. The normalized spacial score (nSPS) is 16.5. The molecule has 1 aliphatic heterocycles. The molecule has 1 N–H and O–H groups in total. The molecule has 0 aromatic carbocycles. The Morgan fingerprint density at radius 2 is 1.96 bits per heavy atom. The van der Waals surface area contributed by atoms with Crippen molar-refractivity contribution in [3.05, 3.63) is 29.4 Å². The molecule has 2 aromatic heterocycles. The van der Waals surface area contributed by atoms with Crippen LogP contribution in [0.25, 0.3) is 0 Å². The summed E-state index contributed by atoms with van der Waals surface area (Å²) in [6, 6.07) is 0.947. The van der Waals surface area contributed by atoms with E-state index in [9.17, 15) is 13.2 Å². The zero-order valence-electron chi connectivity index (χ0n) is 12.9. The SMILES string of the molecule is CNc1c(Cl)ncnc1N1CCC(n2ccc(C(F)(F)F)n2)CC1. The number of rotatable bonds is 3. The molecule has 0 amide bonds. The smallest absolute Gasteiger partial charge is 0.383 e. The second-order valence-electron chi connectivity index (χ2n) is 5.51. The zero-order chi connectivity index (χ0) is 17.3. The molecule has 6 nitrogen and oxygen atoms in total. The number of anilines is 2. The highest BCUT2D eigenvalue weighted by atomic mass is 35.5. The van der Waals surface area contributed by atoms with Gasteiger partial charge in [-0.15, -0.1) is 0 Å². The highest BCUT2D eigenvalue weighted by molar-refractivity contribution is 6.32. The van der Waals surface area contributed by atoms with Crippen molar-refractivity contribution in [2.24, 2.45) is 0 Å². The fraction of sp³-hybridized carbons (Fsp3) is 0.500. The van der Waals surface area contributed by atoms with Crippen LogP contribution in [-0.4, -0.2) is 39.9 Å². The summed E-state index contributed by atoms with van der Waals surface area (Å²) in [7, 11) is 1.74. The van der Waals surface area contributed by atoms with Crippen molar-refractivity contribution in [2.45, 2.75) is 25.1 Å². The summed E-state index contributed by atoms with van der Waals surface area (Å²) in [5.41, 5.74) is -0.207. The molecule has 10 heteroatoms. The number of halogens is 4. The van der Waals surface area contributed by atoms with Crippen LogP contribution in [0.2, 0.25) is 5.15 Å². The summed E-state index contributed by atoms with van der Waals surface area (Å²) in [6.07, 6.45) is -0.281. The van der Waals surface area contributed by atoms with Gasteiger partial charge in [-0.2, -0.15) is 18.3 Å². The van der Waals surface area contributed by atoms with Gasteiger partial charge in [0, 0.05) is 26.3 Å². The van der Waals surface area contributed by atoms with Gasteiger partial charge in [0.2, 0.25) is 0 Å². The molecule has 3 rings (SSSR count). The van der Waals surface area contributed by atoms with E-state index in [2.05, 4.69) is 20.4 Å². The number of hydrogen-bond donors (Lipinski definition) is 1. The van der Waals surface area contributed by atoms with Crippen LogP contribution in [0, 0.1) is 0 Å². The molecule has 24 heavy (non-hydrogen) atoms. The number of alkyl halides is 3. The van der Waals surface area contributed by atoms with Crippen LogP contribution in [0.1, 0.15) is 24.6 Å². The number of nitrogens with zero attached hydrogens (tertiary/aromatic N) is 5. The summed E-state index contributed by atoms with van der Waals surface area (Å²) >= 11 is 6.06. The largest absolute Gasteiger partial charge is 0.435 e. The fourth-order valence-corrected chi connectivity index (χ4v) is 3.07. The van der Waals surface area contributed by atoms with Gasteiger partial charge in [0.05, 0.1) is 6.04 Å². The molecule has 0 aliphatic carbocycles. The van der Waals surface area contributed by atoms with Crippen molar-refractivity contribution in [3.63, 3.8) is 0 Å². The zero-order valence-corrected chi connectivity index (χ0v) is 13.6. The third-order valence-corrected chi connectivity index (χ3v) is 4.35.